The average molecular weight is 295 g/mol. The van der Waals surface area contributed by atoms with Crippen LogP contribution in [0.3, 0.4) is 0 Å². The largest absolute Gasteiger partial charge is 0.314 e. The van der Waals surface area contributed by atoms with Crippen molar-refractivity contribution in [3.05, 3.63) is 24.5 Å². The lowest BCUT2D eigenvalue weighted by Gasteiger charge is -2.35. The first kappa shape index (κ1) is 14.0. The molecule has 3 heterocycles. The quantitative estimate of drug-likeness (QED) is 0.911. The Morgan fingerprint density at radius 1 is 1.30 bits per heavy atom. The van der Waals surface area contributed by atoms with Gasteiger partial charge in [-0.15, -0.1) is 0 Å². The van der Waals surface area contributed by atoms with Crippen LogP contribution in [0.1, 0.15) is 25.7 Å². The van der Waals surface area contributed by atoms with E-state index in [2.05, 4.69) is 10.3 Å². The van der Waals surface area contributed by atoms with E-state index in [1.54, 1.807) is 22.6 Å². The second kappa shape index (κ2) is 5.79. The molecule has 2 atom stereocenters. The van der Waals surface area contributed by atoms with Crippen molar-refractivity contribution in [3.63, 3.8) is 0 Å². The van der Waals surface area contributed by atoms with Crippen molar-refractivity contribution in [1.29, 1.82) is 0 Å². The van der Waals surface area contributed by atoms with Crippen molar-refractivity contribution in [2.45, 2.75) is 36.6 Å². The van der Waals surface area contributed by atoms with Crippen LogP contribution in [0, 0.1) is 5.92 Å². The van der Waals surface area contributed by atoms with Gasteiger partial charge in [0.05, 0.1) is 0 Å². The molecule has 2 aliphatic heterocycles. The molecule has 2 fully saturated rings. The predicted molar refractivity (Wildman–Crippen MR) is 76.7 cm³/mol. The molecular formula is C14H21N3O2S. The lowest BCUT2D eigenvalue weighted by molar-refractivity contribution is 0.226. The topological polar surface area (TPSA) is 62.3 Å². The van der Waals surface area contributed by atoms with Crippen LogP contribution in [-0.2, 0) is 10.0 Å². The highest BCUT2D eigenvalue weighted by Crippen LogP contribution is 2.28. The molecule has 2 unspecified atom stereocenters. The van der Waals surface area contributed by atoms with E-state index < -0.39 is 10.0 Å². The molecule has 1 aromatic heterocycles. The molecular weight excluding hydrogens is 274 g/mol. The Balaban J connectivity index is 1.76. The summed E-state index contributed by atoms with van der Waals surface area (Å²) in [6, 6.07) is 3.79. The number of aromatic nitrogens is 1. The maximum Gasteiger partial charge on any atom is 0.244 e. The highest BCUT2D eigenvalue weighted by molar-refractivity contribution is 7.89. The molecule has 0 aliphatic carbocycles. The van der Waals surface area contributed by atoms with Gasteiger partial charge in [0, 0.05) is 31.5 Å². The molecule has 0 spiro atoms. The Hall–Kier alpha value is -0.980. The van der Waals surface area contributed by atoms with Gasteiger partial charge in [0.25, 0.3) is 0 Å². The average Bonchev–Trinajstić information content (AvgIpc) is 3.03. The first-order valence-electron chi connectivity index (χ1n) is 7.31. The van der Waals surface area contributed by atoms with Crippen molar-refractivity contribution < 1.29 is 8.42 Å². The molecule has 1 aromatic rings. The van der Waals surface area contributed by atoms with Crippen LogP contribution in [0.15, 0.2) is 29.4 Å². The van der Waals surface area contributed by atoms with Crippen LogP contribution >= 0.6 is 0 Å². The van der Waals surface area contributed by atoms with Gasteiger partial charge < -0.3 is 5.32 Å². The van der Waals surface area contributed by atoms with E-state index in [0.29, 0.717) is 29.9 Å². The lowest BCUT2D eigenvalue weighted by atomic mass is 9.91. The Morgan fingerprint density at radius 2 is 2.20 bits per heavy atom. The predicted octanol–water partition coefficient (Wildman–Crippen LogP) is 1.23. The summed E-state index contributed by atoms with van der Waals surface area (Å²) in [6.07, 6.45) is 7.48. The number of hydrogen-bond donors (Lipinski definition) is 1. The highest BCUT2D eigenvalue weighted by Gasteiger charge is 2.34. The fourth-order valence-electron chi connectivity index (χ4n) is 3.28. The van der Waals surface area contributed by atoms with E-state index in [1.165, 1.54) is 19.0 Å². The number of hydrogen-bond acceptors (Lipinski definition) is 4. The van der Waals surface area contributed by atoms with Crippen molar-refractivity contribution in [2.75, 3.05) is 19.6 Å². The molecule has 6 heteroatoms. The van der Waals surface area contributed by atoms with Gasteiger partial charge in [-0.1, -0.05) is 0 Å². The normalized spacial score (nSPS) is 28.6. The molecule has 3 rings (SSSR count). The van der Waals surface area contributed by atoms with E-state index in [-0.39, 0.29) is 0 Å². The monoisotopic (exact) mass is 295 g/mol. The third-order valence-corrected chi connectivity index (χ3v) is 6.21. The van der Waals surface area contributed by atoms with Crippen LogP contribution in [0.25, 0.3) is 0 Å². The molecule has 20 heavy (non-hydrogen) atoms. The maximum atomic E-state index is 12.6. The second-order valence-electron chi connectivity index (χ2n) is 5.66. The zero-order chi connectivity index (χ0) is 14.0. The Labute approximate surface area is 120 Å². The number of sulfonamides is 1. The van der Waals surface area contributed by atoms with Crippen molar-refractivity contribution in [3.8, 4) is 0 Å². The molecule has 0 bridgehead atoms. The minimum absolute atomic E-state index is 0.306. The smallest absolute Gasteiger partial charge is 0.244 e. The summed E-state index contributed by atoms with van der Waals surface area (Å²) in [4.78, 5) is 4.23. The minimum Gasteiger partial charge on any atom is -0.314 e. The Kier molecular flexibility index (Phi) is 4.05. The third kappa shape index (κ3) is 2.73. The number of piperidine rings is 1. The molecule has 0 saturated carbocycles. The molecule has 5 nitrogen and oxygen atoms in total. The Morgan fingerprint density at radius 3 is 2.90 bits per heavy atom. The highest BCUT2D eigenvalue weighted by atomic mass is 32.2. The summed E-state index contributed by atoms with van der Waals surface area (Å²) in [7, 11) is -3.38. The van der Waals surface area contributed by atoms with Gasteiger partial charge >= 0.3 is 0 Å². The van der Waals surface area contributed by atoms with Crippen LogP contribution in [-0.4, -0.2) is 43.4 Å². The molecule has 2 saturated heterocycles. The standard InChI is InChI=1S/C14H21N3O2S/c18-20(19,13-5-1-7-15-10-13)17-9-3-4-12(11-17)14-6-2-8-16-14/h1,5,7,10,12,14,16H,2-4,6,8-9,11H2. The lowest BCUT2D eigenvalue weighted by Crippen LogP contribution is -2.45. The molecule has 0 radical (unpaired) electrons. The van der Waals surface area contributed by atoms with E-state index in [1.807, 2.05) is 0 Å². The summed E-state index contributed by atoms with van der Waals surface area (Å²) in [5.74, 6) is 0.442. The van der Waals surface area contributed by atoms with Crippen molar-refractivity contribution in [2.24, 2.45) is 5.92 Å². The minimum atomic E-state index is -3.38. The summed E-state index contributed by atoms with van der Waals surface area (Å²) >= 11 is 0. The van der Waals surface area contributed by atoms with Crippen molar-refractivity contribution >= 4 is 10.0 Å². The first-order valence-corrected chi connectivity index (χ1v) is 8.75. The van der Waals surface area contributed by atoms with Gasteiger partial charge in [-0.2, -0.15) is 4.31 Å². The van der Waals surface area contributed by atoms with Crippen LogP contribution in [0.5, 0.6) is 0 Å². The third-order valence-electron chi connectivity index (χ3n) is 4.36. The van der Waals surface area contributed by atoms with E-state index in [9.17, 15) is 8.42 Å². The zero-order valence-electron chi connectivity index (χ0n) is 11.5. The maximum absolute atomic E-state index is 12.6. The van der Waals surface area contributed by atoms with E-state index in [4.69, 9.17) is 0 Å². The molecule has 110 valence electrons. The van der Waals surface area contributed by atoms with Gasteiger partial charge in [0.1, 0.15) is 4.90 Å². The van der Waals surface area contributed by atoms with Gasteiger partial charge in [0.15, 0.2) is 0 Å². The van der Waals surface area contributed by atoms with E-state index >= 15 is 0 Å². The Bertz CT molecular complexity index is 541. The number of nitrogens with one attached hydrogen (secondary N) is 1. The van der Waals surface area contributed by atoms with Crippen LogP contribution in [0.2, 0.25) is 0 Å². The van der Waals surface area contributed by atoms with Gasteiger partial charge in [0.2, 0.25) is 10.0 Å². The fraction of sp³-hybridized carbons (Fsp3) is 0.643. The number of nitrogens with zero attached hydrogens (tertiary/aromatic N) is 2. The number of rotatable bonds is 3. The SMILES string of the molecule is O=S(=O)(c1cccnc1)N1CCCC(C2CCCN2)C1. The summed E-state index contributed by atoms with van der Waals surface area (Å²) in [6.45, 7) is 2.33. The van der Waals surface area contributed by atoms with E-state index in [0.717, 1.165) is 19.4 Å². The molecule has 0 amide bonds. The van der Waals surface area contributed by atoms with Gasteiger partial charge in [-0.3, -0.25) is 4.98 Å². The molecule has 2 aliphatic rings. The fourth-order valence-corrected chi connectivity index (χ4v) is 4.78. The second-order valence-corrected chi connectivity index (χ2v) is 7.59. The summed E-state index contributed by atoms with van der Waals surface area (Å²) < 4.78 is 26.9. The first-order chi connectivity index (χ1) is 9.68. The summed E-state index contributed by atoms with van der Waals surface area (Å²) in [5.41, 5.74) is 0. The number of pyridine rings is 1. The van der Waals surface area contributed by atoms with Gasteiger partial charge in [-0.05, 0) is 50.3 Å². The van der Waals surface area contributed by atoms with Crippen molar-refractivity contribution in [1.82, 2.24) is 14.6 Å². The molecule has 0 aromatic carbocycles. The van der Waals surface area contributed by atoms with Crippen LogP contribution < -0.4 is 5.32 Å². The zero-order valence-corrected chi connectivity index (χ0v) is 12.3. The summed E-state index contributed by atoms with van der Waals surface area (Å²) in [5, 5.41) is 3.50. The molecule has 1 N–H and O–H groups in total. The van der Waals surface area contributed by atoms with Crippen LogP contribution in [0.4, 0.5) is 0 Å². The van der Waals surface area contributed by atoms with Gasteiger partial charge in [-0.25, -0.2) is 8.42 Å².